The zero-order valence-electron chi connectivity index (χ0n) is 13.6. The van der Waals surface area contributed by atoms with Crippen molar-refractivity contribution in [3.8, 4) is 11.1 Å². The first-order valence-electron chi connectivity index (χ1n) is 7.46. The number of sulfonamides is 1. The molecule has 0 amide bonds. The maximum absolute atomic E-state index is 13.9. The SMILES string of the molecule is COCCn1[nH]c(=O)c2cc(-c3c(S(N)(=O)=O)ccc(F)c3Cl)ccc21. The highest BCUT2D eigenvalue weighted by Crippen LogP contribution is 2.36. The van der Waals surface area contributed by atoms with E-state index in [1.807, 2.05) is 0 Å². The van der Waals surface area contributed by atoms with Crippen LogP contribution in [0, 0.1) is 5.82 Å². The lowest BCUT2D eigenvalue weighted by Gasteiger charge is -2.11. The molecule has 2 aromatic carbocycles. The van der Waals surface area contributed by atoms with Gasteiger partial charge in [-0.3, -0.25) is 14.6 Å². The number of primary sulfonamides is 1. The molecule has 0 spiro atoms. The van der Waals surface area contributed by atoms with Crippen molar-refractivity contribution >= 4 is 32.5 Å². The first-order chi connectivity index (χ1) is 12.2. The lowest BCUT2D eigenvalue weighted by molar-refractivity contribution is 0.184. The van der Waals surface area contributed by atoms with E-state index < -0.39 is 15.8 Å². The summed E-state index contributed by atoms with van der Waals surface area (Å²) in [6, 6.07) is 6.59. The third-order valence-corrected chi connectivity index (χ3v) is 5.26. The fraction of sp³-hybridized carbons (Fsp3) is 0.188. The number of ether oxygens (including phenoxy) is 1. The van der Waals surface area contributed by atoms with Gasteiger partial charge in [0.15, 0.2) is 0 Å². The maximum atomic E-state index is 13.9. The Hall–Kier alpha value is -2.20. The van der Waals surface area contributed by atoms with Crippen molar-refractivity contribution in [2.45, 2.75) is 11.4 Å². The van der Waals surface area contributed by atoms with Gasteiger partial charge in [0.1, 0.15) is 5.82 Å². The van der Waals surface area contributed by atoms with Crippen LogP contribution in [-0.4, -0.2) is 31.9 Å². The van der Waals surface area contributed by atoms with Gasteiger partial charge in [-0.2, -0.15) is 0 Å². The van der Waals surface area contributed by atoms with Gasteiger partial charge in [0.2, 0.25) is 10.0 Å². The monoisotopic (exact) mass is 399 g/mol. The number of fused-ring (bicyclic) bond motifs is 1. The molecule has 0 aliphatic carbocycles. The maximum Gasteiger partial charge on any atom is 0.271 e. The number of benzene rings is 2. The van der Waals surface area contributed by atoms with Gasteiger partial charge in [0.25, 0.3) is 5.56 Å². The molecule has 7 nitrogen and oxygen atoms in total. The van der Waals surface area contributed by atoms with Crippen LogP contribution in [0.1, 0.15) is 0 Å². The van der Waals surface area contributed by atoms with E-state index in [9.17, 15) is 17.6 Å². The van der Waals surface area contributed by atoms with Crippen molar-refractivity contribution in [1.82, 2.24) is 9.78 Å². The van der Waals surface area contributed by atoms with Gasteiger partial charge in [-0.1, -0.05) is 17.7 Å². The fourth-order valence-corrected chi connectivity index (χ4v) is 3.84. The Bertz CT molecular complexity index is 1150. The minimum Gasteiger partial charge on any atom is -0.383 e. The third-order valence-electron chi connectivity index (χ3n) is 3.94. The van der Waals surface area contributed by atoms with E-state index in [1.54, 1.807) is 23.9 Å². The number of nitrogens with one attached hydrogen (secondary N) is 1. The highest BCUT2D eigenvalue weighted by atomic mass is 35.5. The summed E-state index contributed by atoms with van der Waals surface area (Å²) >= 11 is 6.00. The topological polar surface area (TPSA) is 107 Å². The second-order valence-corrected chi connectivity index (χ2v) is 7.50. The average Bonchev–Trinajstić information content (AvgIpc) is 2.89. The molecular formula is C16H15ClFN3O4S. The van der Waals surface area contributed by atoms with E-state index >= 15 is 0 Å². The number of methoxy groups -OCH3 is 1. The minimum absolute atomic E-state index is 0.0832. The Morgan fingerprint density at radius 1 is 1.31 bits per heavy atom. The van der Waals surface area contributed by atoms with Crippen molar-refractivity contribution in [3.63, 3.8) is 0 Å². The van der Waals surface area contributed by atoms with Crippen molar-refractivity contribution in [3.05, 3.63) is 51.5 Å². The molecule has 0 saturated carbocycles. The van der Waals surface area contributed by atoms with Crippen LogP contribution in [0.4, 0.5) is 4.39 Å². The van der Waals surface area contributed by atoms with Crippen LogP contribution >= 0.6 is 11.6 Å². The van der Waals surface area contributed by atoms with Crippen LogP contribution in [0.2, 0.25) is 5.02 Å². The molecule has 138 valence electrons. The number of aromatic amines is 1. The molecule has 0 aliphatic rings. The Balaban J connectivity index is 2.26. The van der Waals surface area contributed by atoms with Crippen molar-refractivity contribution in [2.75, 3.05) is 13.7 Å². The predicted molar refractivity (Wildman–Crippen MR) is 96.2 cm³/mol. The number of nitrogens with two attached hydrogens (primary N) is 1. The van der Waals surface area contributed by atoms with Gasteiger partial charge in [-0.25, -0.2) is 17.9 Å². The molecule has 3 N–H and O–H groups in total. The second-order valence-electron chi connectivity index (χ2n) is 5.60. The summed E-state index contributed by atoms with van der Waals surface area (Å²) in [6.45, 7) is 0.824. The van der Waals surface area contributed by atoms with Gasteiger partial charge in [0.05, 0.1) is 34.0 Å². The first-order valence-corrected chi connectivity index (χ1v) is 9.39. The number of nitrogens with zero attached hydrogens (tertiary/aromatic N) is 1. The van der Waals surface area contributed by atoms with Crippen LogP contribution in [-0.2, 0) is 21.3 Å². The van der Waals surface area contributed by atoms with Crippen molar-refractivity contribution in [2.24, 2.45) is 5.14 Å². The number of aromatic nitrogens is 2. The van der Waals surface area contributed by atoms with Crippen LogP contribution in [0.5, 0.6) is 0 Å². The molecule has 3 aromatic rings. The minimum atomic E-state index is -4.15. The van der Waals surface area contributed by atoms with E-state index in [0.29, 0.717) is 24.1 Å². The summed E-state index contributed by atoms with van der Waals surface area (Å²) in [5.41, 5.74) is 0.407. The average molecular weight is 400 g/mol. The lowest BCUT2D eigenvalue weighted by Crippen LogP contribution is -2.14. The Labute approximate surface area is 153 Å². The lowest BCUT2D eigenvalue weighted by atomic mass is 10.0. The van der Waals surface area contributed by atoms with E-state index in [1.165, 1.54) is 6.07 Å². The number of hydrogen-bond acceptors (Lipinski definition) is 4. The Kier molecular flexibility index (Phi) is 4.89. The molecule has 0 aliphatic heterocycles. The van der Waals surface area contributed by atoms with Gasteiger partial charge in [-0.15, -0.1) is 0 Å². The summed E-state index contributed by atoms with van der Waals surface area (Å²) in [7, 11) is -2.61. The molecule has 3 rings (SSSR count). The third kappa shape index (κ3) is 3.26. The fourth-order valence-electron chi connectivity index (χ4n) is 2.75. The molecule has 0 bridgehead atoms. The van der Waals surface area contributed by atoms with E-state index in [0.717, 1.165) is 12.1 Å². The summed E-state index contributed by atoms with van der Waals surface area (Å²) in [4.78, 5) is 11.9. The molecule has 10 heteroatoms. The smallest absolute Gasteiger partial charge is 0.271 e. The molecule has 0 atom stereocenters. The zero-order valence-corrected chi connectivity index (χ0v) is 15.2. The summed E-state index contributed by atoms with van der Waals surface area (Å²) in [5, 5.41) is 7.81. The standard InChI is InChI=1S/C16H15ClFN3O4S/c1-25-7-6-21-12-4-2-9(8-10(12)16(22)20-21)14-13(26(19,23)24)5-3-11(18)15(14)17/h2-5,8H,6-7H2,1H3,(H,20,22)(H2,19,23,24). The normalized spacial score (nSPS) is 12.0. The van der Waals surface area contributed by atoms with E-state index in [2.05, 4.69) is 5.10 Å². The van der Waals surface area contributed by atoms with Crippen LogP contribution in [0.15, 0.2) is 40.0 Å². The van der Waals surface area contributed by atoms with Crippen LogP contribution in [0.3, 0.4) is 0 Å². The van der Waals surface area contributed by atoms with Gasteiger partial charge in [0, 0.05) is 12.7 Å². The van der Waals surface area contributed by atoms with Gasteiger partial charge in [-0.05, 0) is 29.8 Å². The Morgan fingerprint density at radius 2 is 2.04 bits per heavy atom. The number of halogens is 2. The van der Waals surface area contributed by atoms with Crippen LogP contribution < -0.4 is 10.7 Å². The number of hydrogen-bond donors (Lipinski definition) is 2. The molecule has 1 heterocycles. The molecule has 0 radical (unpaired) electrons. The molecule has 0 fully saturated rings. The van der Waals surface area contributed by atoms with Gasteiger partial charge < -0.3 is 4.74 Å². The summed E-state index contributed by atoms with van der Waals surface area (Å²) in [5.74, 6) is -0.791. The Morgan fingerprint density at radius 3 is 2.69 bits per heavy atom. The molecular weight excluding hydrogens is 385 g/mol. The van der Waals surface area contributed by atoms with E-state index in [4.69, 9.17) is 21.5 Å². The molecule has 0 saturated heterocycles. The molecule has 26 heavy (non-hydrogen) atoms. The zero-order chi connectivity index (χ0) is 19.1. The van der Waals surface area contributed by atoms with Crippen molar-refractivity contribution in [1.29, 1.82) is 0 Å². The highest BCUT2D eigenvalue weighted by Gasteiger charge is 2.21. The van der Waals surface area contributed by atoms with Crippen LogP contribution in [0.25, 0.3) is 22.0 Å². The quantitative estimate of drug-likeness (QED) is 0.684. The van der Waals surface area contributed by atoms with E-state index in [-0.39, 0.29) is 26.6 Å². The summed E-state index contributed by atoms with van der Waals surface area (Å²) < 4.78 is 44.2. The number of rotatable bonds is 5. The summed E-state index contributed by atoms with van der Waals surface area (Å²) in [6.07, 6.45) is 0. The second kappa shape index (κ2) is 6.84. The largest absolute Gasteiger partial charge is 0.383 e. The predicted octanol–water partition coefficient (Wildman–Crippen LogP) is 2.08. The highest BCUT2D eigenvalue weighted by molar-refractivity contribution is 7.89. The van der Waals surface area contributed by atoms with Gasteiger partial charge >= 0.3 is 0 Å². The number of H-pyrrole nitrogens is 1. The molecule has 0 unspecified atom stereocenters. The first kappa shape index (κ1) is 18.6. The molecule has 1 aromatic heterocycles. The van der Waals surface area contributed by atoms with Crippen molar-refractivity contribution < 1.29 is 17.5 Å².